The highest BCUT2D eigenvalue weighted by Crippen LogP contribution is 2.01. The van der Waals surface area contributed by atoms with Crippen molar-refractivity contribution in [2.45, 2.75) is 12.5 Å². The molecular weight excluding hydrogens is 210 g/mol. The molecule has 1 unspecified atom stereocenters. The van der Waals surface area contributed by atoms with Gasteiger partial charge in [0.05, 0.1) is 6.10 Å². The van der Waals surface area contributed by atoms with Gasteiger partial charge in [0.15, 0.2) is 5.69 Å². The molecule has 6 heteroatoms. The van der Waals surface area contributed by atoms with Crippen LogP contribution in [0, 0.1) is 12.3 Å². The van der Waals surface area contributed by atoms with E-state index >= 15 is 0 Å². The highest BCUT2D eigenvalue weighted by atomic mass is 16.4. The molecule has 0 saturated carbocycles. The number of terminal acetylenes is 1. The van der Waals surface area contributed by atoms with Crippen molar-refractivity contribution in [3.63, 3.8) is 0 Å². The monoisotopic (exact) mass is 221 g/mol. The van der Waals surface area contributed by atoms with E-state index in [1.54, 1.807) is 0 Å². The number of carboxylic acids is 1. The molecule has 0 bridgehead atoms. The molecule has 84 valence electrons. The second-order valence-electron chi connectivity index (χ2n) is 3.01. The van der Waals surface area contributed by atoms with Gasteiger partial charge >= 0.3 is 5.97 Å². The molecule has 1 atom stereocenters. The summed E-state index contributed by atoms with van der Waals surface area (Å²) in [4.78, 5) is 18.1. The van der Waals surface area contributed by atoms with Crippen molar-refractivity contribution in [3.05, 3.63) is 18.0 Å². The van der Waals surface area contributed by atoms with Crippen LogP contribution in [0.5, 0.6) is 0 Å². The molecule has 0 fully saturated rings. The Kier molecular flexibility index (Phi) is 4.24. The number of nitrogens with one attached hydrogen (secondary N) is 1. The highest BCUT2D eigenvalue weighted by Gasteiger charge is 2.07. The SMILES string of the molecule is C#CCC(O)CNc1nccc(C(=O)O)n1. The number of anilines is 1. The lowest BCUT2D eigenvalue weighted by Gasteiger charge is -2.08. The van der Waals surface area contributed by atoms with Crippen LogP contribution in [-0.2, 0) is 0 Å². The van der Waals surface area contributed by atoms with Gasteiger partial charge in [-0.2, -0.15) is 0 Å². The van der Waals surface area contributed by atoms with Crippen molar-refractivity contribution in [2.24, 2.45) is 0 Å². The second kappa shape index (κ2) is 5.68. The molecule has 1 aromatic heterocycles. The molecule has 0 radical (unpaired) electrons. The van der Waals surface area contributed by atoms with Crippen molar-refractivity contribution < 1.29 is 15.0 Å². The Morgan fingerprint density at radius 1 is 1.69 bits per heavy atom. The van der Waals surface area contributed by atoms with Crippen molar-refractivity contribution in [3.8, 4) is 12.3 Å². The van der Waals surface area contributed by atoms with Crippen molar-refractivity contribution >= 4 is 11.9 Å². The van der Waals surface area contributed by atoms with Gasteiger partial charge in [0, 0.05) is 19.2 Å². The summed E-state index contributed by atoms with van der Waals surface area (Å²) in [5, 5.41) is 20.7. The number of rotatable bonds is 5. The van der Waals surface area contributed by atoms with Crippen molar-refractivity contribution in [2.75, 3.05) is 11.9 Å². The number of aliphatic hydroxyl groups is 1. The fourth-order valence-corrected chi connectivity index (χ4v) is 0.980. The molecule has 0 spiro atoms. The molecule has 3 N–H and O–H groups in total. The van der Waals surface area contributed by atoms with E-state index in [0.717, 1.165) is 0 Å². The van der Waals surface area contributed by atoms with E-state index in [0.29, 0.717) is 0 Å². The quantitative estimate of drug-likeness (QED) is 0.604. The summed E-state index contributed by atoms with van der Waals surface area (Å²) >= 11 is 0. The Morgan fingerprint density at radius 2 is 2.44 bits per heavy atom. The van der Waals surface area contributed by atoms with E-state index in [1.807, 2.05) is 0 Å². The van der Waals surface area contributed by atoms with Gasteiger partial charge in [-0.15, -0.1) is 12.3 Å². The first-order valence-electron chi connectivity index (χ1n) is 4.55. The smallest absolute Gasteiger partial charge is 0.354 e. The molecule has 6 nitrogen and oxygen atoms in total. The average Bonchev–Trinajstić information content (AvgIpc) is 2.27. The van der Waals surface area contributed by atoms with E-state index in [-0.39, 0.29) is 24.6 Å². The lowest BCUT2D eigenvalue weighted by Crippen LogP contribution is -2.20. The number of hydrogen-bond donors (Lipinski definition) is 3. The van der Waals surface area contributed by atoms with E-state index in [2.05, 4.69) is 21.2 Å². The van der Waals surface area contributed by atoms with Crippen LogP contribution in [0.1, 0.15) is 16.9 Å². The first-order valence-corrected chi connectivity index (χ1v) is 4.55. The van der Waals surface area contributed by atoms with Crippen LogP contribution in [0.15, 0.2) is 12.3 Å². The highest BCUT2D eigenvalue weighted by molar-refractivity contribution is 5.85. The zero-order valence-corrected chi connectivity index (χ0v) is 8.42. The Labute approximate surface area is 92.4 Å². The number of aliphatic hydroxyl groups excluding tert-OH is 1. The van der Waals surface area contributed by atoms with Crippen LogP contribution in [0.4, 0.5) is 5.95 Å². The van der Waals surface area contributed by atoms with Gasteiger partial charge in [-0.1, -0.05) is 0 Å². The van der Waals surface area contributed by atoms with Gasteiger partial charge in [0.25, 0.3) is 0 Å². The lowest BCUT2D eigenvalue weighted by atomic mass is 10.2. The number of carbonyl (C=O) groups is 1. The zero-order chi connectivity index (χ0) is 12.0. The van der Waals surface area contributed by atoms with Crippen molar-refractivity contribution in [1.29, 1.82) is 0 Å². The van der Waals surface area contributed by atoms with Gasteiger partial charge < -0.3 is 15.5 Å². The first-order chi connectivity index (χ1) is 7.63. The molecule has 0 saturated heterocycles. The minimum absolute atomic E-state index is 0.107. The van der Waals surface area contributed by atoms with Gasteiger partial charge in [0.1, 0.15) is 0 Å². The molecule has 0 aliphatic rings. The Bertz CT molecular complexity index is 414. The summed E-state index contributed by atoms with van der Waals surface area (Å²) in [6, 6.07) is 1.28. The minimum atomic E-state index is -1.13. The maximum atomic E-state index is 10.6. The van der Waals surface area contributed by atoms with Crippen LogP contribution in [0.3, 0.4) is 0 Å². The molecule has 1 aromatic rings. The number of carboxylic acid groups (broad SMARTS) is 1. The number of aromatic carboxylic acids is 1. The number of nitrogens with zero attached hydrogens (tertiary/aromatic N) is 2. The third-order valence-corrected chi connectivity index (χ3v) is 1.72. The summed E-state index contributed by atoms with van der Waals surface area (Å²) in [5.74, 6) is 1.33. The van der Waals surface area contributed by atoms with E-state index in [9.17, 15) is 9.90 Å². The molecule has 0 aliphatic heterocycles. The predicted octanol–water partition coefficient (Wildman–Crippen LogP) is -0.0291. The zero-order valence-electron chi connectivity index (χ0n) is 8.42. The topological polar surface area (TPSA) is 95.3 Å². The van der Waals surface area contributed by atoms with Crippen LogP contribution in [0.25, 0.3) is 0 Å². The third kappa shape index (κ3) is 3.55. The lowest BCUT2D eigenvalue weighted by molar-refractivity contribution is 0.0690. The van der Waals surface area contributed by atoms with Crippen molar-refractivity contribution in [1.82, 2.24) is 9.97 Å². The van der Waals surface area contributed by atoms with Crippen LogP contribution in [0.2, 0.25) is 0 Å². The predicted molar refractivity (Wildman–Crippen MR) is 56.9 cm³/mol. The van der Waals surface area contributed by atoms with Gasteiger partial charge in [-0.05, 0) is 6.07 Å². The molecule has 0 amide bonds. The fourth-order valence-electron chi connectivity index (χ4n) is 0.980. The van der Waals surface area contributed by atoms with Crippen LogP contribution < -0.4 is 5.32 Å². The maximum absolute atomic E-state index is 10.6. The largest absolute Gasteiger partial charge is 0.477 e. The third-order valence-electron chi connectivity index (χ3n) is 1.72. The Hall–Kier alpha value is -2.13. The molecule has 1 rings (SSSR count). The summed E-state index contributed by atoms with van der Waals surface area (Å²) < 4.78 is 0. The van der Waals surface area contributed by atoms with E-state index in [1.165, 1.54) is 12.3 Å². The van der Waals surface area contributed by atoms with Crippen LogP contribution in [-0.4, -0.2) is 38.8 Å². The van der Waals surface area contributed by atoms with Crippen LogP contribution >= 0.6 is 0 Å². The van der Waals surface area contributed by atoms with E-state index < -0.39 is 12.1 Å². The average molecular weight is 221 g/mol. The number of aromatic nitrogens is 2. The standard InChI is InChI=1S/C10H11N3O3/c1-2-3-7(14)6-12-10-11-5-4-8(13-10)9(15)16/h1,4-5,7,14H,3,6H2,(H,15,16)(H,11,12,13). The van der Waals surface area contributed by atoms with Gasteiger partial charge in [0.2, 0.25) is 5.95 Å². The number of hydrogen-bond acceptors (Lipinski definition) is 5. The molecule has 16 heavy (non-hydrogen) atoms. The summed E-state index contributed by atoms with van der Waals surface area (Å²) in [7, 11) is 0. The molecular formula is C10H11N3O3. The summed E-state index contributed by atoms with van der Waals surface area (Å²) in [6.45, 7) is 0.174. The minimum Gasteiger partial charge on any atom is -0.477 e. The van der Waals surface area contributed by atoms with Gasteiger partial charge in [-0.25, -0.2) is 14.8 Å². The Balaban J connectivity index is 2.58. The fraction of sp³-hybridized carbons (Fsp3) is 0.300. The Morgan fingerprint density at radius 3 is 3.06 bits per heavy atom. The second-order valence-corrected chi connectivity index (χ2v) is 3.01. The van der Waals surface area contributed by atoms with E-state index in [4.69, 9.17) is 11.5 Å². The summed E-state index contributed by atoms with van der Waals surface area (Å²) in [5.41, 5.74) is -0.107. The normalized spacial score (nSPS) is 11.5. The maximum Gasteiger partial charge on any atom is 0.354 e. The molecule has 0 aliphatic carbocycles. The first kappa shape index (κ1) is 11.9. The molecule has 0 aromatic carbocycles. The van der Waals surface area contributed by atoms with Gasteiger partial charge in [-0.3, -0.25) is 0 Å². The summed E-state index contributed by atoms with van der Waals surface area (Å²) in [6.07, 6.45) is 5.85. The molecule has 1 heterocycles.